The van der Waals surface area contributed by atoms with Gasteiger partial charge in [-0.3, -0.25) is 9.59 Å². The van der Waals surface area contributed by atoms with Crippen LogP contribution in [0.4, 0.5) is 0 Å². The second-order valence-electron chi connectivity index (χ2n) is 10.4. The molecule has 162 valence electrons. The van der Waals surface area contributed by atoms with Crippen molar-refractivity contribution in [2.75, 3.05) is 0 Å². The molecular weight excluding hydrogens is 366 g/mol. The van der Waals surface area contributed by atoms with Crippen molar-refractivity contribution in [3.63, 3.8) is 0 Å². The van der Waals surface area contributed by atoms with Gasteiger partial charge in [-0.15, -0.1) is 0 Å². The Morgan fingerprint density at radius 2 is 1.71 bits per heavy atom. The Bertz CT molecular complexity index is 579. The van der Waals surface area contributed by atoms with Gasteiger partial charge >= 0.3 is 0 Å². The fourth-order valence-corrected chi connectivity index (χ4v) is 5.12. The van der Waals surface area contributed by atoms with Crippen molar-refractivity contribution >= 4 is 20.0 Å². The first-order valence-corrected chi connectivity index (χ1v) is 13.8. The van der Waals surface area contributed by atoms with Gasteiger partial charge in [0, 0.05) is 12.0 Å². The number of carbonyl (C=O) groups is 2. The zero-order valence-electron chi connectivity index (χ0n) is 19.8. The van der Waals surface area contributed by atoms with Gasteiger partial charge in [0.2, 0.25) is 5.91 Å². The number of nitrogens with one attached hydrogen (secondary N) is 1. The number of hydrogen-bond donors (Lipinski definition) is 1. The van der Waals surface area contributed by atoms with Gasteiger partial charge in [0.25, 0.3) is 0 Å². The number of rotatable bonds is 3. The third-order valence-corrected chi connectivity index (χ3v) is 11.4. The van der Waals surface area contributed by atoms with Crippen LogP contribution in [0.15, 0.2) is 12.2 Å². The topological polar surface area (TPSA) is 55.4 Å². The number of hydrogen-bond acceptors (Lipinski definition) is 3. The number of carbonyl (C=O) groups excluding carboxylic acids is 2. The molecule has 1 aliphatic heterocycles. The largest absolute Gasteiger partial charge is 0.413 e. The van der Waals surface area contributed by atoms with E-state index in [4.69, 9.17) is 4.43 Å². The molecule has 1 amide bonds. The molecule has 5 heteroatoms. The molecule has 1 rings (SSSR count). The van der Waals surface area contributed by atoms with Gasteiger partial charge in [-0.2, -0.15) is 0 Å². The predicted octanol–water partition coefficient (Wildman–Crippen LogP) is 5.35. The van der Waals surface area contributed by atoms with Gasteiger partial charge < -0.3 is 9.74 Å². The maximum Gasteiger partial charge on any atom is 0.225 e. The van der Waals surface area contributed by atoms with E-state index in [0.717, 1.165) is 12.8 Å². The van der Waals surface area contributed by atoms with Crippen LogP contribution in [-0.4, -0.2) is 32.2 Å². The molecule has 4 nitrogen and oxygen atoms in total. The Hall–Kier alpha value is -0.943. The van der Waals surface area contributed by atoms with Gasteiger partial charge in [-0.1, -0.05) is 61.5 Å². The zero-order chi connectivity index (χ0) is 21.9. The first-order chi connectivity index (χ1) is 12.7. The summed E-state index contributed by atoms with van der Waals surface area (Å²) in [6, 6.07) is 0.0255. The molecule has 0 saturated carbocycles. The molecule has 6 atom stereocenters. The van der Waals surface area contributed by atoms with Crippen LogP contribution in [0.2, 0.25) is 18.1 Å². The maximum atomic E-state index is 13.1. The quantitative estimate of drug-likeness (QED) is 0.640. The summed E-state index contributed by atoms with van der Waals surface area (Å²) in [5.74, 6) is 0.143. The molecule has 0 spiro atoms. The molecule has 0 aromatic carbocycles. The summed E-state index contributed by atoms with van der Waals surface area (Å²) in [6.45, 7) is 21.3. The minimum Gasteiger partial charge on any atom is -0.413 e. The molecule has 0 saturated heterocycles. The first-order valence-electron chi connectivity index (χ1n) is 10.9. The van der Waals surface area contributed by atoms with Crippen LogP contribution in [0.3, 0.4) is 0 Å². The van der Waals surface area contributed by atoms with Crippen molar-refractivity contribution in [1.29, 1.82) is 0 Å². The lowest BCUT2D eigenvalue weighted by Gasteiger charge is -2.43. The lowest BCUT2D eigenvalue weighted by atomic mass is 9.84. The van der Waals surface area contributed by atoms with Gasteiger partial charge in [0.05, 0.1) is 12.0 Å². The van der Waals surface area contributed by atoms with E-state index in [1.54, 1.807) is 6.08 Å². The molecule has 1 N–H and O–H groups in total. The maximum absolute atomic E-state index is 13.1. The van der Waals surface area contributed by atoms with E-state index < -0.39 is 8.32 Å². The Morgan fingerprint density at radius 1 is 1.14 bits per heavy atom. The first kappa shape index (κ1) is 25.1. The van der Waals surface area contributed by atoms with Crippen LogP contribution in [0.1, 0.15) is 68.2 Å². The van der Waals surface area contributed by atoms with E-state index in [9.17, 15) is 9.59 Å². The van der Waals surface area contributed by atoms with Crippen molar-refractivity contribution in [2.24, 2.45) is 23.7 Å². The highest BCUT2D eigenvalue weighted by atomic mass is 28.4. The fourth-order valence-electron chi connectivity index (χ4n) is 3.65. The molecule has 0 fully saturated rings. The van der Waals surface area contributed by atoms with Crippen molar-refractivity contribution in [2.45, 2.75) is 98.5 Å². The second-order valence-corrected chi connectivity index (χ2v) is 15.1. The van der Waals surface area contributed by atoms with Crippen LogP contribution in [0, 0.1) is 23.7 Å². The highest BCUT2D eigenvalue weighted by Crippen LogP contribution is 2.40. The molecular formula is C23H43NO3Si. The summed E-state index contributed by atoms with van der Waals surface area (Å²) in [5, 5.41) is 3.29. The standard InChI is InChI=1S/C23H43NO3Si/c1-11-19-15(2)12-13-20(25)16(3)14-17(4)21(18(5)22(26)24-19)27-28(9,10)23(6,7)8/h12-13,15-19,21H,11,14H2,1-10H3,(H,24,26)/b13-12-/t15-,16-,17+,18-,19-,21+/m1/s1. The van der Waals surface area contributed by atoms with Gasteiger partial charge in [0.15, 0.2) is 14.1 Å². The second kappa shape index (κ2) is 9.71. The van der Waals surface area contributed by atoms with Gasteiger partial charge in [-0.25, -0.2) is 0 Å². The molecule has 1 aliphatic rings. The van der Waals surface area contributed by atoms with Crippen LogP contribution in [0.5, 0.6) is 0 Å². The van der Waals surface area contributed by atoms with E-state index >= 15 is 0 Å². The SMILES string of the molecule is CC[C@H]1NC(=O)[C@H](C)[C@@H](O[Si](C)(C)C(C)(C)C)[C@@H](C)C[C@@H](C)C(=O)/C=C\[C@H]1C. The Morgan fingerprint density at radius 3 is 2.21 bits per heavy atom. The number of ketones is 1. The van der Waals surface area contributed by atoms with Crippen LogP contribution >= 0.6 is 0 Å². The highest BCUT2D eigenvalue weighted by molar-refractivity contribution is 6.74. The number of allylic oxidation sites excluding steroid dienone is 1. The Labute approximate surface area is 174 Å². The minimum atomic E-state index is -2.05. The normalized spacial score (nSPS) is 34.9. The van der Waals surface area contributed by atoms with Crippen LogP contribution in [0.25, 0.3) is 0 Å². The van der Waals surface area contributed by atoms with E-state index in [1.165, 1.54) is 0 Å². The lowest BCUT2D eigenvalue weighted by molar-refractivity contribution is -0.129. The zero-order valence-corrected chi connectivity index (χ0v) is 20.8. The fraction of sp³-hybridized carbons (Fsp3) is 0.826. The highest BCUT2D eigenvalue weighted by Gasteiger charge is 2.43. The van der Waals surface area contributed by atoms with Crippen molar-refractivity contribution in [1.82, 2.24) is 5.32 Å². The smallest absolute Gasteiger partial charge is 0.225 e. The molecule has 0 aliphatic carbocycles. The summed E-state index contributed by atoms with van der Waals surface area (Å²) in [4.78, 5) is 25.7. The minimum absolute atomic E-state index is 0.0255. The summed E-state index contributed by atoms with van der Waals surface area (Å²) < 4.78 is 6.77. The van der Waals surface area contributed by atoms with Crippen molar-refractivity contribution < 1.29 is 14.0 Å². The summed E-state index contributed by atoms with van der Waals surface area (Å²) in [5.41, 5.74) is 0. The van der Waals surface area contributed by atoms with Crippen LogP contribution < -0.4 is 5.32 Å². The monoisotopic (exact) mass is 409 g/mol. The third-order valence-electron chi connectivity index (χ3n) is 6.88. The molecule has 28 heavy (non-hydrogen) atoms. The van der Waals surface area contributed by atoms with E-state index in [2.05, 4.69) is 60.0 Å². The molecule has 0 aromatic heterocycles. The molecule has 0 radical (unpaired) electrons. The van der Waals surface area contributed by atoms with Crippen molar-refractivity contribution in [3.05, 3.63) is 12.2 Å². The van der Waals surface area contributed by atoms with E-state index in [0.29, 0.717) is 0 Å². The average molecular weight is 410 g/mol. The molecule has 0 bridgehead atoms. The Kier molecular flexibility index (Phi) is 8.70. The lowest BCUT2D eigenvalue weighted by Crippen LogP contribution is -2.52. The third kappa shape index (κ3) is 6.28. The van der Waals surface area contributed by atoms with Gasteiger partial charge in [-0.05, 0) is 48.9 Å². The van der Waals surface area contributed by atoms with E-state index in [1.807, 2.05) is 19.9 Å². The van der Waals surface area contributed by atoms with Crippen LogP contribution in [-0.2, 0) is 14.0 Å². The number of amides is 1. The molecule has 0 aromatic rings. The summed E-state index contributed by atoms with van der Waals surface area (Å²) >= 11 is 0. The molecule has 1 heterocycles. The predicted molar refractivity (Wildman–Crippen MR) is 120 cm³/mol. The summed E-state index contributed by atoms with van der Waals surface area (Å²) in [7, 11) is -2.05. The van der Waals surface area contributed by atoms with Crippen molar-refractivity contribution in [3.8, 4) is 0 Å². The van der Waals surface area contributed by atoms with E-state index in [-0.39, 0.29) is 52.5 Å². The molecule has 0 unspecified atom stereocenters. The Balaban J connectivity index is 3.28. The van der Waals surface area contributed by atoms with Gasteiger partial charge in [0.1, 0.15) is 0 Å². The summed E-state index contributed by atoms with van der Waals surface area (Å²) in [6.07, 6.45) is 5.04. The average Bonchev–Trinajstić information content (AvgIpc) is 2.58.